The highest BCUT2D eigenvalue weighted by Gasteiger charge is 2.24. The van der Waals surface area contributed by atoms with Crippen LogP contribution in [0.25, 0.3) is 5.78 Å². The second-order valence-corrected chi connectivity index (χ2v) is 6.99. The minimum Gasteiger partial charge on any atom is -0.381 e. The number of fused-ring (bicyclic) bond motifs is 1. The summed E-state index contributed by atoms with van der Waals surface area (Å²) in [7, 11) is 1.67. The molecule has 2 saturated heterocycles. The molecular formula is C17H26N6O2. The summed E-state index contributed by atoms with van der Waals surface area (Å²) in [4.78, 5) is 11.2. The fraction of sp³-hybridized carbons (Fsp3) is 0.706. The highest BCUT2D eigenvalue weighted by atomic mass is 16.5. The van der Waals surface area contributed by atoms with Crippen molar-refractivity contribution < 1.29 is 9.47 Å². The van der Waals surface area contributed by atoms with Crippen LogP contribution in [0.1, 0.15) is 25.0 Å². The molecule has 2 aromatic rings. The lowest BCUT2D eigenvalue weighted by molar-refractivity contribution is 0.154. The first-order chi connectivity index (χ1) is 12.3. The molecule has 8 nitrogen and oxygen atoms in total. The number of aromatic nitrogens is 4. The minimum absolute atomic E-state index is 0.446. The number of anilines is 1. The Morgan fingerprint density at radius 1 is 1.32 bits per heavy atom. The number of methoxy groups -OCH3 is 1. The van der Waals surface area contributed by atoms with Gasteiger partial charge in [0.2, 0.25) is 0 Å². The quantitative estimate of drug-likeness (QED) is 0.842. The lowest BCUT2D eigenvalue weighted by atomic mass is 10.0. The molecule has 0 saturated carbocycles. The monoisotopic (exact) mass is 346 g/mol. The molecule has 1 atom stereocenters. The van der Waals surface area contributed by atoms with Crippen molar-refractivity contribution in [2.75, 3.05) is 45.3 Å². The lowest BCUT2D eigenvalue weighted by Crippen LogP contribution is -2.41. The van der Waals surface area contributed by atoms with E-state index in [-0.39, 0.29) is 0 Å². The van der Waals surface area contributed by atoms with Gasteiger partial charge in [-0.2, -0.15) is 14.6 Å². The molecule has 25 heavy (non-hydrogen) atoms. The van der Waals surface area contributed by atoms with Crippen LogP contribution in [0.15, 0.2) is 12.4 Å². The van der Waals surface area contributed by atoms with E-state index in [1.54, 1.807) is 11.6 Å². The summed E-state index contributed by atoms with van der Waals surface area (Å²) in [6, 6.07) is 2.45. The smallest absolute Gasteiger partial charge is 0.254 e. The maximum atomic E-state index is 5.49. The van der Waals surface area contributed by atoms with Gasteiger partial charge in [-0.05, 0) is 25.2 Å². The van der Waals surface area contributed by atoms with E-state index in [9.17, 15) is 0 Å². The molecule has 4 rings (SSSR count). The van der Waals surface area contributed by atoms with Crippen molar-refractivity contribution in [2.24, 2.45) is 5.92 Å². The van der Waals surface area contributed by atoms with Crippen LogP contribution < -0.4 is 5.32 Å². The van der Waals surface area contributed by atoms with E-state index in [0.717, 1.165) is 56.6 Å². The molecule has 0 bridgehead atoms. The topological polar surface area (TPSA) is 76.8 Å². The predicted octanol–water partition coefficient (Wildman–Crippen LogP) is 1.18. The predicted molar refractivity (Wildman–Crippen MR) is 93.5 cm³/mol. The van der Waals surface area contributed by atoms with E-state index in [1.165, 1.54) is 19.3 Å². The van der Waals surface area contributed by atoms with Crippen LogP contribution in [0, 0.1) is 5.92 Å². The normalized spacial score (nSPS) is 22.7. The summed E-state index contributed by atoms with van der Waals surface area (Å²) in [6.45, 7) is 5.77. The van der Waals surface area contributed by atoms with Crippen molar-refractivity contribution in [1.82, 2.24) is 24.5 Å². The first-order valence-electron chi connectivity index (χ1n) is 9.07. The van der Waals surface area contributed by atoms with Crippen molar-refractivity contribution in [1.29, 1.82) is 0 Å². The van der Waals surface area contributed by atoms with E-state index >= 15 is 0 Å². The number of piperidine rings is 1. The van der Waals surface area contributed by atoms with Gasteiger partial charge in [-0.15, -0.1) is 0 Å². The van der Waals surface area contributed by atoms with Crippen LogP contribution in [0.5, 0.6) is 0 Å². The Morgan fingerprint density at radius 2 is 2.20 bits per heavy atom. The van der Waals surface area contributed by atoms with Gasteiger partial charge in [-0.25, -0.2) is 4.98 Å². The largest absolute Gasteiger partial charge is 0.381 e. The van der Waals surface area contributed by atoms with Crippen LogP contribution in [-0.2, 0) is 16.1 Å². The van der Waals surface area contributed by atoms with Gasteiger partial charge in [-0.1, -0.05) is 0 Å². The molecule has 0 amide bonds. The second-order valence-electron chi connectivity index (χ2n) is 6.99. The Morgan fingerprint density at radius 3 is 2.96 bits per heavy atom. The molecule has 0 radical (unpaired) electrons. The summed E-state index contributed by atoms with van der Waals surface area (Å²) >= 11 is 0. The molecule has 0 aliphatic carbocycles. The zero-order valence-corrected chi connectivity index (χ0v) is 14.7. The zero-order chi connectivity index (χ0) is 17.1. The highest BCUT2D eigenvalue weighted by Crippen LogP contribution is 2.20. The average Bonchev–Trinajstić information content (AvgIpc) is 3.28. The van der Waals surface area contributed by atoms with Gasteiger partial charge < -0.3 is 19.7 Å². The van der Waals surface area contributed by atoms with Crippen LogP contribution in [0.4, 0.5) is 5.82 Å². The summed E-state index contributed by atoms with van der Waals surface area (Å²) in [5, 5.41) is 7.92. The van der Waals surface area contributed by atoms with E-state index in [1.807, 2.05) is 6.07 Å². The fourth-order valence-corrected chi connectivity index (χ4v) is 3.75. The molecule has 136 valence electrons. The van der Waals surface area contributed by atoms with Gasteiger partial charge in [0, 0.05) is 45.5 Å². The van der Waals surface area contributed by atoms with Gasteiger partial charge in [0.15, 0.2) is 0 Å². The Labute approximate surface area is 147 Å². The third kappa shape index (κ3) is 3.91. The Kier molecular flexibility index (Phi) is 5.09. The van der Waals surface area contributed by atoms with Crippen molar-refractivity contribution in [3.63, 3.8) is 0 Å². The fourth-order valence-electron chi connectivity index (χ4n) is 3.75. The van der Waals surface area contributed by atoms with Crippen LogP contribution in [0.3, 0.4) is 0 Å². The molecule has 1 unspecified atom stereocenters. The van der Waals surface area contributed by atoms with E-state index in [0.29, 0.717) is 18.4 Å². The van der Waals surface area contributed by atoms with Gasteiger partial charge in [0.1, 0.15) is 12.1 Å². The standard InChI is InChI=1S/C17H26N6O2/c1-24-11-15-8-16(23-17(21-15)18-12-19-23)20-14-2-5-22(6-3-14)9-13-4-7-25-10-13/h8,12-14,20H,2-7,9-11H2,1H3. The zero-order valence-electron chi connectivity index (χ0n) is 14.7. The van der Waals surface area contributed by atoms with Crippen molar-refractivity contribution in [3.05, 3.63) is 18.1 Å². The second kappa shape index (κ2) is 7.63. The lowest BCUT2D eigenvalue weighted by Gasteiger charge is -2.34. The van der Waals surface area contributed by atoms with Crippen molar-refractivity contribution in [3.8, 4) is 0 Å². The Balaban J connectivity index is 1.38. The maximum absolute atomic E-state index is 5.49. The van der Waals surface area contributed by atoms with Crippen LogP contribution in [0.2, 0.25) is 0 Å². The first-order valence-corrected chi connectivity index (χ1v) is 9.07. The summed E-state index contributed by atoms with van der Waals surface area (Å²) in [5.74, 6) is 2.27. The van der Waals surface area contributed by atoms with E-state index in [2.05, 4.69) is 25.3 Å². The summed E-state index contributed by atoms with van der Waals surface area (Å²) in [5.41, 5.74) is 0.865. The Bertz CT molecular complexity index is 692. The highest BCUT2D eigenvalue weighted by molar-refractivity contribution is 5.45. The van der Waals surface area contributed by atoms with Crippen molar-refractivity contribution in [2.45, 2.75) is 31.9 Å². The van der Waals surface area contributed by atoms with E-state index in [4.69, 9.17) is 9.47 Å². The number of hydrogen-bond donors (Lipinski definition) is 1. The number of hydrogen-bond acceptors (Lipinski definition) is 7. The summed E-state index contributed by atoms with van der Waals surface area (Å²) in [6.07, 6.45) is 5.01. The molecule has 1 N–H and O–H groups in total. The van der Waals surface area contributed by atoms with Gasteiger partial charge in [0.05, 0.1) is 18.9 Å². The van der Waals surface area contributed by atoms with Crippen LogP contribution in [-0.4, -0.2) is 70.5 Å². The molecule has 2 aromatic heterocycles. The number of nitrogens with zero attached hydrogens (tertiary/aromatic N) is 5. The molecule has 4 heterocycles. The van der Waals surface area contributed by atoms with Gasteiger partial charge in [0.25, 0.3) is 5.78 Å². The number of likely N-dealkylation sites (tertiary alicyclic amines) is 1. The molecule has 8 heteroatoms. The Hall–Kier alpha value is -1.77. The molecule has 0 aromatic carbocycles. The van der Waals surface area contributed by atoms with Gasteiger partial charge >= 0.3 is 0 Å². The summed E-state index contributed by atoms with van der Waals surface area (Å²) < 4.78 is 12.5. The third-order valence-corrected chi connectivity index (χ3v) is 5.08. The van der Waals surface area contributed by atoms with Gasteiger partial charge in [-0.3, -0.25) is 0 Å². The average molecular weight is 346 g/mol. The molecule has 2 fully saturated rings. The van der Waals surface area contributed by atoms with Crippen molar-refractivity contribution >= 4 is 11.6 Å². The SMILES string of the molecule is COCc1cc(NC2CCN(CC3CCOC3)CC2)n2ncnc2n1. The molecular weight excluding hydrogens is 320 g/mol. The number of nitrogens with one attached hydrogen (secondary N) is 1. The maximum Gasteiger partial charge on any atom is 0.254 e. The van der Waals surface area contributed by atoms with E-state index < -0.39 is 0 Å². The minimum atomic E-state index is 0.446. The van der Waals surface area contributed by atoms with Crippen LogP contribution >= 0.6 is 0 Å². The molecule has 2 aliphatic heterocycles. The number of ether oxygens (including phenoxy) is 2. The molecule has 2 aliphatic rings. The molecule has 0 spiro atoms. The third-order valence-electron chi connectivity index (χ3n) is 5.08. The first kappa shape index (κ1) is 16.7. The number of rotatable bonds is 6.